The van der Waals surface area contributed by atoms with Gasteiger partial charge in [-0.15, -0.1) is 5.10 Å². The van der Waals surface area contributed by atoms with E-state index in [1.807, 2.05) is 51.1 Å². The first-order valence-corrected chi connectivity index (χ1v) is 12.9. The van der Waals surface area contributed by atoms with Crippen molar-refractivity contribution >= 4 is 17.7 Å². The first kappa shape index (κ1) is 26.9. The van der Waals surface area contributed by atoms with Crippen LogP contribution in [0.4, 0.5) is 0 Å². The standard InChI is InChI=1S/C25H34N10O3/c1-17(2)14-20-25(38)27-18(3)24-29-23(19-8-5-4-6-9-19)30-35(24)13-12-33(11-7-10-21(36)28-20)22(37)15-34-16-26-31-32-34/h4-6,8-9,16-18,20H,7,10-15H2,1-3H3,(H,27,38)(H,28,36)/t18-,20-/m1/s1. The van der Waals surface area contributed by atoms with Crippen molar-refractivity contribution in [2.45, 2.75) is 65.2 Å². The smallest absolute Gasteiger partial charge is 0.244 e. The van der Waals surface area contributed by atoms with Crippen LogP contribution in [0.25, 0.3) is 11.4 Å². The summed E-state index contributed by atoms with van der Waals surface area (Å²) >= 11 is 0. The topological polar surface area (TPSA) is 153 Å². The van der Waals surface area contributed by atoms with Crippen LogP contribution in [0.15, 0.2) is 36.7 Å². The minimum atomic E-state index is -0.671. The number of nitrogens with zero attached hydrogens (tertiary/aromatic N) is 8. The molecule has 13 nitrogen and oxygen atoms in total. The molecule has 1 aliphatic heterocycles. The summed E-state index contributed by atoms with van der Waals surface area (Å²) in [5.74, 6) is 0.645. The highest BCUT2D eigenvalue weighted by atomic mass is 16.2. The minimum absolute atomic E-state index is 0.0123. The number of hydrogen-bond donors (Lipinski definition) is 2. The van der Waals surface area contributed by atoms with E-state index < -0.39 is 12.1 Å². The van der Waals surface area contributed by atoms with Gasteiger partial charge in [0.15, 0.2) is 5.82 Å². The van der Waals surface area contributed by atoms with Crippen molar-refractivity contribution in [1.29, 1.82) is 0 Å². The molecule has 2 atom stereocenters. The van der Waals surface area contributed by atoms with Crippen molar-refractivity contribution in [1.82, 2.24) is 50.5 Å². The Morgan fingerprint density at radius 1 is 1.11 bits per heavy atom. The summed E-state index contributed by atoms with van der Waals surface area (Å²) in [4.78, 5) is 45.5. The first-order chi connectivity index (χ1) is 18.3. The van der Waals surface area contributed by atoms with Crippen LogP contribution < -0.4 is 10.6 Å². The number of benzene rings is 1. The zero-order valence-electron chi connectivity index (χ0n) is 21.9. The van der Waals surface area contributed by atoms with E-state index in [4.69, 9.17) is 10.1 Å². The van der Waals surface area contributed by atoms with Crippen molar-refractivity contribution in [3.05, 3.63) is 42.5 Å². The Bertz CT molecular complexity index is 1230. The van der Waals surface area contributed by atoms with Crippen LogP contribution >= 0.6 is 0 Å². The van der Waals surface area contributed by atoms with Crippen LogP contribution in [0, 0.1) is 5.92 Å². The highest BCUT2D eigenvalue weighted by molar-refractivity contribution is 5.87. The zero-order valence-corrected chi connectivity index (χ0v) is 21.9. The van der Waals surface area contributed by atoms with Crippen molar-refractivity contribution < 1.29 is 14.4 Å². The molecule has 2 aromatic heterocycles. The van der Waals surface area contributed by atoms with Gasteiger partial charge in [-0.25, -0.2) is 14.3 Å². The first-order valence-electron chi connectivity index (χ1n) is 12.9. The molecule has 0 fully saturated rings. The van der Waals surface area contributed by atoms with Gasteiger partial charge in [0, 0.05) is 25.1 Å². The van der Waals surface area contributed by atoms with Crippen LogP contribution in [-0.2, 0) is 27.5 Å². The second kappa shape index (κ2) is 12.4. The molecule has 1 aliphatic rings. The van der Waals surface area contributed by atoms with Crippen molar-refractivity contribution in [3.8, 4) is 11.4 Å². The van der Waals surface area contributed by atoms with Gasteiger partial charge in [0.25, 0.3) is 0 Å². The molecular weight excluding hydrogens is 488 g/mol. The molecule has 3 amide bonds. The molecule has 2 N–H and O–H groups in total. The third-order valence-corrected chi connectivity index (χ3v) is 6.29. The Balaban J connectivity index is 1.64. The summed E-state index contributed by atoms with van der Waals surface area (Å²) < 4.78 is 3.11. The monoisotopic (exact) mass is 522 g/mol. The molecule has 4 rings (SSSR count). The molecule has 0 aliphatic carbocycles. The average Bonchev–Trinajstić information content (AvgIpc) is 3.55. The third-order valence-electron chi connectivity index (χ3n) is 6.29. The lowest BCUT2D eigenvalue weighted by Crippen LogP contribution is -2.48. The van der Waals surface area contributed by atoms with Gasteiger partial charge >= 0.3 is 0 Å². The van der Waals surface area contributed by atoms with Gasteiger partial charge in [-0.05, 0) is 36.1 Å². The molecule has 0 saturated heterocycles. The number of carbonyl (C=O) groups excluding carboxylic acids is 3. The van der Waals surface area contributed by atoms with Crippen LogP contribution in [0.3, 0.4) is 0 Å². The van der Waals surface area contributed by atoms with Crippen molar-refractivity contribution in [2.24, 2.45) is 5.92 Å². The van der Waals surface area contributed by atoms with E-state index in [9.17, 15) is 14.4 Å². The quantitative estimate of drug-likeness (QED) is 0.503. The predicted octanol–water partition coefficient (Wildman–Crippen LogP) is 0.962. The lowest BCUT2D eigenvalue weighted by atomic mass is 10.0. The van der Waals surface area contributed by atoms with E-state index in [0.717, 1.165) is 5.56 Å². The highest BCUT2D eigenvalue weighted by Gasteiger charge is 2.27. The Morgan fingerprint density at radius 3 is 2.61 bits per heavy atom. The second-order valence-corrected chi connectivity index (χ2v) is 9.85. The summed E-state index contributed by atoms with van der Waals surface area (Å²) in [6.07, 6.45) is 2.52. The number of nitrogens with one attached hydrogen (secondary N) is 2. The van der Waals surface area contributed by atoms with Gasteiger partial charge in [0.05, 0.1) is 12.6 Å². The number of fused-ring (bicyclic) bond motifs is 1. The maximum absolute atomic E-state index is 13.2. The Labute approximate surface area is 221 Å². The number of amides is 3. The Kier molecular flexibility index (Phi) is 8.77. The minimum Gasteiger partial charge on any atom is -0.345 e. The molecule has 38 heavy (non-hydrogen) atoms. The van der Waals surface area contributed by atoms with E-state index in [2.05, 4.69) is 26.2 Å². The summed E-state index contributed by atoms with van der Waals surface area (Å²) in [5.41, 5.74) is 0.848. The molecule has 13 heteroatoms. The van der Waals surface area contributed by atoms with Crippen molar-refractivity contribution in [2.75, 3.05) is 13.1 Å². The molecule has 3 aromatic rings. The predicted molar refractivity (Wildman–Crippen MR) is 137 cm³/mol. The molecule has 0 radical (unpaired) electrons. The maximum Gasteiger partial charge on any atom is 0.244 e. The van der Waals surface area contributed by atoms with E-state index in [0.29, 0.717) is 44.1 Å². The normalized spacial score (nSPS) is 19.4. The fraction of sp³-hybridized carbons (Fsp3) is 0.520. The van der Waals surface area contributed by atoms with E-state index >= 15 is 0 Å². The van der Waals surface area contributed by atoms with Gasteiger partial charge in [0.1, 0.15) is 24.7 Å². The second-order valence-electron chi connectivity index (χ2n) is 9.85. The summed E-state index contributed by atoms with van der Waals surface area (Å²) in [6.45, 7) is 6.90. The largest absolute Gasteiger partial charge is 0.345 e. The maximum atomic E-state index is 13.2. The molecule has 0 unspecified atom stereocenters. The molecule has 0 bridgehead atoms. The van der Waals surface area contributed by atoms with E-state index in [1.165, 1.54) is 11.0 Å². The molecule has 3 heterocycles. The SMILES string of the molecule is CC(C)C[C@H]1NC(=O)CCCN(C(=O)Cn2cnnn2)CCn2nc(-c3ccccc3)nc2[C@@H](C)NC1=O. The van der Waals surface area contributed by atoms with Crippen LogP contribution in [-0.4, -0.2) is 76.7 Å². The van der Waals surface area contributed by atoms with E-state index in [1.54, 1.807) is 9.58 Å². The fourth-order valence-corrected chi connectivity index (χ4v) is 4.39. The van der Waals surface area contributed by atoms with Crippen molar-refractivity contribution in [3.63, 3.8) is 0 Å². The lowest BCUT2D eigenvalue weighted by molar-refractivity contribution is -0.133. The van der Waals surface area contributed by atoms with Crippen LogP contribution in [0.2, 0.25) is 0 Å². The number of tetrazole rings is 1. The average molecular weight is 523 g/mol. The highest BCUT2D eigenvalue weighted by Crippen LogP contribution is 2.20. The summed E-state index contributed by atoms with van der Waals surface area (Å²) in [7, 11) is 0. The van der Waals surface area contributed by atoms with Gasteiger partial charge in [0.2, 0.25) is 17.7 Å². The lowest BCUT2D eigenvalue weighted by Gasteiger charge is -2.26. The molecule has 202 valence electrons. The Morgan fingerprint density at radius 2 is 1.89 bits per heavy atom. The number of aromatic nitrogens is 7. The number of hydrogen-bond acceptors (Lipinski definition) is 8. The van der Waals surface area contributed by atoms with Gasteiger partial charge < -0.3 is 15.5 Å². The zero-order chi connectivity index (χ0) is 27.1. The molecule has 0 spiro atoms. The fourth-order valence-electron chi connectivity index (χ4n) is 4.39. The Hall–Kier alpha value is -4.16. The number of rotatable bonds is 5. The molecule has 1 aromatic carbocycles. The third kappa shape index (κ3) is 6.99. The molecule has 0 saturated carbocycles. The summed E-state index contributed by atoms with van der Waals surface area (Å²) in [5, 5.41) is 21.6. The van der Waals surface area contributed by atoms with Gasteiger partial charge in [-0.3, -0.25) is 14.4 Å². The van der Waals surface area contributed by atoms with Gasteiger partial charge in [-0.2, -0.15) is 5.10 Å². The molecular formula is C25H34N10O3. The number of carbonyl (C=O) groups is 3. The van der Waals surface area contributed by atoms with E-state index in [-0.39, 0.29) is 36.6 Å². The van der Waals surface area contributed by atoms with Crippen LogP contribution in [0.5, 0.6) is 0 Å². The summed E-state index contributed by atoms with van der Waals surface area (Å²) in [6, 6.07) is 8.44. The van der Waals surface area contributed by atoms with Crippen LogP contribution in [0.1, 0.15) is 51.9 Å². The van der Waals surface area contributed by atoms with Gasteiger partial charge in [-0.1, -0.05) is 44.2 Å².